The lowest BCUT2D eigenvalue weighted by Gasteiger charge is -2.06. The number of carbonyl (C=O) groups excluding carboxylic acids is 1. The summed E-state index contributed by atoms with van der Waals surface area (Å²) in [5.41, 5.74) is 0.882. The largest absolute Gasteiger partial charge is 0.464 e. The molecule has 0 fully saturated rings. The summed E-state index contributed by atoms with van der Waals surface area (Å²) in [6.07, 6.45) is 0. The van der Waals surface area contributed by atoms with Crippen molar-refractivity contribution in [2.24, 2.45) is 0 Å². The molecule has 0 atom stereocenters. The molecule has 1 N–H and O–H groups in total. The fourth-order valence-corrected chi connectivity index (χ4v) is 4.24. The summed E-state index contributed by atoms with van der Waals surface area (Å²) in [7, 11) is -6.15. The Bertz CT molecular complexity index is 676. The van der Waals surface area contributed by atoms with E-state index in [0.717, 1.165) is 18.4 Å². The molecule has 20 heavy (non-hydrogen) atoms. The van der Waals surface area contributed by atoms with E-state index in [1.54, 1.807) is 0 Å². The summed E-state index contributed by atoms with van der Waals surface area (Å²) >= 11 is 0.752. The zero-order valence-corrected chi connectivity index (χ0v) is 13.3. The van der Waals surface area contributed by atoms with Crippen molar-refractivity contribution in [2.75, 3.05) is 25.2 Å². The van der Waals surface area contributed by atoms with Gasteiger partial charge in [0, 0.05) is 12.3 Å². The van der Waals surface area contributed by atoms with E-state index in [9.17, 15) is 21.6 Å². The average Bonchev–Trinajstić information content (AvgIpc) is 2.87. The number of ether oxygens (including phenoxy) is 1. The molecule has 114 valence electrons. The first kappa shape index (κ1) is 17.0. The number of methoxy groups -OCH3 is 1. The highest BCUT2D eigenvalue weighted by molar-refractivity contribution is 7.92. The van der Waals surface area contributed by atoms with Gasteiger partial charge in [0.15, 0.2) is 19.7 Å². The number of thiazole rings is 1. The molecule has 0 aliphatic carbocycles. The molecular formula is C9H14N2O6S3. The maximum absolute atomic E-state index is 12.0. The van der Waals surface area contributed by atoms with Crippen LogP contribution in [0.5, 0.6) is 0 Å². The van der Waals surface area contributed by atoms with E-state index in [4.69, 9.17) is 0 Å². The maximum atomic E-state index is 12.0. The molecule has 1 heterocycles. The predicted molar refractivity (Wildman–Crippen MR) is 73.0 cm³/mol. The van der Waals surface area contributed by atoms with Gasteiger partial charge >= 0.3 is 5.97 Å². The number of esters is 1. The van der Waals surface area contributed by atoms with Gasteiger partial charge in [-0.1, -0.05) is 6.92 Å². The minimum absolute atomic E-state index is 0.0668. The van der Waals surface area contributed by atoms with Gasteiger partial charge in [0.2, 0.25) is 0 Å². The molecule has 0 aliphatic heterocycles. The van der Waals surface area contributed by atoms with Gasteiger partial charge in [0.05, 0.1) is 18.4 Å². The highest BCUT2D eigenvalue weighted by Crippen LogP contribution is 2.20. The molecule has 0 unspecified atom stereocenters. The van der Waals surface area contributed by atoms with E-state index in [2.05, 4.69) is 14.4 Å². The van der Waals surface area contributed by atoms with E-state index in [1.165, 1.54) is 12.4 Å². The third kappa shape index (κ3) is 4.23. The lowest BCUT2D eigenvalue weighted by atomic mass is 10.5. The molecular weight excluding hydrogens is 328 g/mol. The summed E-state index contributed by atoms with van der Waals surface area (Å²) in [6.45, 7) is 1.21. The third-order valence-corrected chi connectivity index (χ3v) is 6.84. The van der Waals surface area contributed by atoms with Crippen LogP contribution in [0.4, 0.5) is 0 Å². The summed E-state index contributed by atoms with van der Waals surface area (Å²) in [4.78, 5) is 15.0. The molecule has 0 bridgehead atoms. The minimum atomic E-state index is -3.99. The van der Waals surface area contributed by atoms with E-state index >= 15 is 0 Å². The molecule has 0 saturated carbocycles. The lowest BCUT2D eigenvalue weighted by Crippen LogP contribution is -2.30. The maximum Gasteiger partial charge on any atom is 0.358 e. The fourth-order valence-electron chi connectivity index (χ4n) is 1.20. The standard InChI is InChI=1S/C9H14N2O6S3/c1-3-19(13,14)5-4-11-20(15,16)9-7(8(12)17-2)10-6-18-9/h6,11H,3-5H2,1-2H3. The topological polar surface area (TPSA) is 120 Å². The molecule has 11 heteroatoms. The Morgan fingerprint density at radius 2 is 2.05 bits per heavy atom. The average molecular weight is 342 g/mol. The van der Waals surface area contributed by atoms with Crippen LogP contribution in [0.15, 0.2) is 9.72 Å². The first-order valence-electron chi connectivity index (χ1n) is 5.45. The Kier molecular flexibility index (Phi) is 5.62. The molecule has 1 aromatic heterocycles. The van der Waals surface area contributed by atoms with Crippen LogP contribution < -0.4 is 4.72 Å². The molecule has 1 aromatic rings. The monoisotopic (exact) mass is 342 g/mol. The van der Waals surface area contributed by atoms with Gasteiger partial charge in [-0.2, -0.15) is 0 Å². The van der Waals surface area contributed by atoms with Gasteiger partial charge < -0.3 is 4.74 Å². The number of aromatic nitrogens is 1. The van der Waals surface area contributed by atoms with Crippen molar-refractivity contribution in [3.63, 3.8) is 0 Å². The third-order valence-electron chi connectivity index (χ3n) is 2.30. The van der Waals surface area contributed by atoms with Crippen LogP contribution >= 0.6 is 11.3 Å². The quantitative estimate of drug-likeness (QED) is 0.672. The molecule has 0 saturated heterocycles. The van der Waals surface area contributed by atoms with Crippen molar-refractivity contribution < 1.29 is 26.4 Å². The summed E-state index contributed by atoms with van der Waals surface area (Å²) in [5.74, 6) is -1.24. The molecule has 0 spiro atoms. The SMILES string of the molecule is CCS(=O)(=O)CCNS(=O)(=O)c1scnc1C(=O)OC. The van der Waals surface area contributed by atoms with Crippen molar-refractivity contribution in [3.05, 3.63) is 11.2 Å². The first-order valence-corrected chi connectivity index (χ1v) is 9.64. The Morgan fingerprint density at radius 3 is 2.60 bits per heavy atom. The van der Waals surface area contributed by atoms with Crippen LogP contribution in [0.25, 0.3) is 0 Å². The van der Waals surface area contributed by atoms with E-state index in [0.29, 0.717) is 0 Å². The Balaban J connectivity index is 2.85. The van der Waals surface area contributed by atoms with Crippen LogP contribution in [-0.2, 0) is 24.6 Å². The van der Waals surface area contributed by atoms with Crippen LogP contribution in [0, 0.1) is 0 Å². The van der Waals surface area contributed by atoms with Gasteiger partial charge in [-0.05, 0) is 0 Å². The smallest absolute Gasteiger partial charge is 0.358 e. The highest BCUT2D eigenvalue weighted by atomic mass is 32.2. The minimum Gasteiger partial charge on any atom is -0.464 e. The van der Waals surface area contributed by atoms with Crippen molar-refractivity contribution in [1.29, 1.82) is 0 Å². The number of carbonyl (C=O) groups is 1. The second-order valence-electron chi connectivity index (χ2n) is 3.61. The number of sulfonamides is 1. The molecule has 0 aromatic carbocycles. The zero-order chi connectivity index (χ0) is 15.4. The van der Waals surface area contributed by atoms with Crippen molar-refractivity contribution in [2.45, 2.75) is 11.1 Å². The fraction of sp³-hybridized carbons (Fsp3) is 0.556. The molecule has 8 nitrogen and oxygen atoms in total. The summed E-state index contributed by atoms with van der Waals surface area (Å²) < 4.78 is 52.7. The van der Waals surface area contributed by atoms with E-state index in [-0.39, 0.29) is 28.0 Å². The van der Waals surface area contributed by atoms with Gasteiger partial charge in [0.1, 0.15) is 0 Å². The second kappa shape index (κ2) is 6.61. The van der Waals surface area contributed by atoms with Crippen LogP contribution in [0.1, 0.15) is 17.4 Å². The number of hydrogen-bond donors (Lipinski definition) is 1. The normalized spacial score (nSPS) is 12.3. The highest BCUT2D eigenvalue weighted by Gasteiger charge is 2.26. The number of nitrogens with one attached hydrogen (secondary N) is 1. The summed E-state index contributed by atoms with van der Waals surface area (Å²) in [6, 6.07) is 0. The second-order valence-corrected chi connectivity index (χ2v) is 8.90. The van der Waals surface area contributed by atoms with Gasteiger partial charge in [0.25, 0.3) is 10.0 Å². The molecule has 0 radical (unpaired) electrons. The number of sulfone groups is 1. The van der Waals surface area contributed by atoms with Crippen molar-refractivity contribution >= 4 is 37.2 Å². The lowest BCUT2D eigenvalue weighted by molar-refractivity contribution is 0.0590. The molecule has 1 rings (SSSR count). The van der Waals surface area contributed by atoms with Crippen molar-refractivity contribution in [3.8, 4) is 0 Å². The Morgan fingerprint density at radius 1 is 1.40 bits per heavy atom. The van der Waals surface area contributed by atoms with Gasteiger partial charge in [-0.15, -0.1) is 11.3 Å². The van der Waals surface area contributed by atoms with E-state index in [1.807, 2.05) is 0 Å². The van der Waals surface area contributed by atoms with Gasteiger partial charge in [-0.3, -0.25) is 0 Å². The number of rotatable bonds is 7. The molecule has 0 aliphatic rings. The predicted octanol–water partition coefficient (Wildman–Crippen LogP) is -0.357. The van der Waals surface area contributed by atoms with Crippen LogP contribution in [-0.4, -0.2) is 52.9 Å². The zero-order valence-electron chi connectivity index (χ0n) is 10.8. The van der Waals surface area contributed by atoms with E-state index < -0.39 is 25.8 Å². The van der Waals surface area contributed by atoms with Crippen LogP contribution in [0.2, 0.25) is 0 Å². The number of nitrogens with zero attached hydrogens (tertiary/aromatic N) is 1. The van der Waals surface area contributed by atoms with Crippen molar-refractivity contribution in [1.82, 2.24) is 9.71 Å². The Hall–Kier alpha value is -1.04. The number of hydrogen-bond acceptors (Lipinski definition) is 8. The van der Waals surface area contributed by atoms with Gasteiger partial charge in [-0.25, -0.2) is 31.3 Å². The van der Waals surface area contributed by atoms with Crippen LogP contribution in [0.3, 0.4) is 0 Å². The molecule has 0 amide bonds. The summed E-state index contributed by atoms with van der Waals surface area (Å²) in [5, 5.41) is 0. The first-order chi connectivity index (χ1) is 9.23. The Labute approximate surface area is 121 Å².